The van der Waals surface area contributed by atoms with Gasteiger partial charge in [0.25, 0.3) is 0 Å². The van der Waals surface area contributed by atoms with E-state index in [2.05, 4.69) is 22.9 Å². The quantitative estimate of drug-likeness (QED) is 0.725. The third-order valence-electron chi connectivity index (χ3n) is 3.31. The Balaban J connectivity index is 2.02. The van der Waals surface area contributed by atoms with Crippen LogP contribution in [0.3, 0.4) is 0 Å². The molecule has 0 amide bonds. The van der Waals surface area contributed by atoms with E-state index in [-0.39, 0.29) is 0 Å². The van der Waals surface area contributed by atoms with Crippen molar-refractivity contribution in [3.8, 4) is 0 Å². The molecule has 3 atom stereocenters. The Morgan fingerprint density at radius 1 is 1.41 bits per heavy atom. The number of benzene rings is 1. The normalized spacial score (nSPS) is 26.1. The predicted molar refractivity (Wildman–Crippen MR) is 76.4 cm³/mol. The van der Waals surface area contributed by atoms with E-state index >= 15 is 0 Å². The fourth-order valence-electron chi connectivity index (χ4n) is 2.27. The molecule has 1 saturated heterocycles. The van der Waals surface area contributed by atoms with E-state index in [4.69, 9.17) is 27.9 Å². The molecule has 1 aromatic carbocycles. The summed E-state index contributed by atoms with van der Waals surface area (Å²) in [7, 11) is 0. The molecule has 1 aliphatic rings. The summed E-state index contributed by atoms with van der Waals surface area (Å²) in [5, 5.41) is 1.23. The molecule has 0 saturated carbocycles. The number of halogens is 3. The van der Waals surface area contributed by atoms with E-state index in [1.165, 1.54) is 5.56 Å². The zero-order chi connectivity index (χ0) is 12.4. The van der Waals surface area contributed by atoms with Crippen LogP contribution in [-0.4, -0.2) is 17.5 Å². The maximum absolute atomic E-state index is 6.01. The first-order chi connectivity index (χ1) is 8.08. The zero-order valence-corrected chi connectivity index (χ0v) is 12.7. The van der Waals surface area contributed by atoms with Crippen molar-refractivity contribution in [2.24, 2.45) is 5.92 Å². The molecule has 17 heavy (non-hydrogen) atoms. The van der Waals surface area contributed by atoms with E-state index in [9.17, 15) is 0 Å². The first kappa shape index (κ1) is 13.7. The highest BCUT2D eigenvalue weighted by atomic mass is 79.9. The van der Waals surface area contributed by atoms with Gasteiger partial charge < -0.3 is 4.74 Å². The van der Waals surface area contributed by atoms with Crippen LogP contribution in [0, 0.1) is 5.92 Å². The van der Waals surface area contributed by atoms with Gasteiger partial charge in [-0.3, -0.25) is 0 Å². The molecule has 1 aromatic rings. The molecule has 4 heteroatoms. The number of hydrogen-bond acceptors (Lipinski definition) is 1. The molecule has 0 aliphatic carbocycles. The average Bonchev–Trinajstić information content (AvgIpc) is 2.70. The average molecular weight is 338 g/mol. The number of ether oxygens (including phenoxy) is 1. The Kier molecular flexibility index (Phi) is 4.76. The van der Waals surface area contributed by atoms with Crippen LogP contribution in [0.5, 0.6) is 0 Å². The lowest BCUT2D eigenvalue weighted by molar-refractivity contribution is 0.105. The van der Waals surface area contributed by atoms with Gasteiger partial charge in [0.05, 0.1) is 16.1 Å². The van der Waals surface area contributed by atoms with E-state index in [0.717, 1.165) is 19.4 Å². The summed E-state index contributed by atoms with van der Waals surface area (Å²) in [6.45, 7) is 3.01. The molecule has 2 rings (SSSR count). The van der Waals surface area contributed by atoms with Crippen molar-refractivity contribution in [1.29, 1.82) is 0 Å². The molecule has 3 unspecified atom stereocenters. The van der Waals surface area contributed by atoms with Gasteiger partial charge >= 0.3 is 0 Å². The molecule has 1 aliphatic heterocycles. The number of alkyl halides is 1. The number of hydrogen-bond donors (Lipinski definition) is 0. The Morgan fingerprint density at radius 3 is 2.76 bits per heavy atom. The SMILES string of the molecule is CC1OCCC1C(Br)Cc1ccc(Cl)c(Cl)c1. The van der Waals surface area contributed by atoms with Crippen molar-refractivity contribution in [2.45, 2.75) is 30.7 Å². The summed E-state index contributed by atoms with van der Waals surface area (Å²) in [6.07, 6.45) is 2.41. The molecule has 1 nitrogen and oxygen atoms in total. The first-order valence-electron chi connectivity index (χ1n) is 5.77. The molecular weight excluding hydrogens is 323 g/mol. The summed E-state index contributed by atoms with van der Waals surface area (Å²) < 4.78 is 5.59. The Labute approximate surface area is 121 Å². The third-order valence-corrected chi connectivity index (χ3v) is 5.06. The highest BCUT2D eigenvalue weighted by Crippen LogP contribution is 2.31. The van der Waals surface area contributed by atoms with Gasteiger partial charge in [-0.1, -0.05) is 45.2 Å². The van der Waals surface area contributed by atoms with Gasteiger partial charge in [0.1, 0.15) is 0 Å². The molecule has 94 valence electrons. The van der Waals surface area contributed by atoms with Crippen molar-refractivity contribution in [1.82, 2.24) is 0 Å². The van der Waals surface area contributed by atoms with Crippen molar-refractivity contribution in [2.75, 3.05) is 6.61 Å². The minimum Gasteiger partial charge on any atom is -0.378 e. The van der Waals surface area contributed by atoms with Gasteiger partial charge in [-0.05, 0) is 43.4 Å². The Hall–Kier alpha value is 0.240. The van der Waals surface area contributed by atoms with Gasteiger partial charge in [-0.15, -0.1) is 0 Å². The lowest BCUT2D eigenvalue weighted by Crippen LogP contribution is -2.23. The molecular formula is C13H15BrCl2O. The molecule has 0 N–H and O–H groups in total. The van der Waals surface area contributed by atoms with E-state index in [0.29, 0.717) is 26.9 Å². The summed E-state index contributed by atoms with van der Waals surface area (Å²) in [5.41, 5.74) is 1.21. The molecule has 0 spiro atoms. The van der Waals surface area contributed by atoms with Crippen molar-refractivity contribution < 1.29 is 4.74 Å². The van der Waals surface area contributed by atoms with Gasteiger partial charge in [-0.25, -0.2) is 0 Å². The van der Waals surface area contributed by atoms with Crippen LogP contribution in [0.1, 0.15) is 18.9 Å². The molecule has 1 heterocycles. The van der Waals surface area contributed by atoms with Gasteiger partial charge in [-0.2, -0.15) is 0 Å². The van der Waals surface area contributed by atoms with Crippen molar-refractivity contribution >= 4 is 39.1 Å². The predicted octanol–water partition coefficient (Wildman–Crippen LogP) is 4.72. The Bertz CT molecular complexity index is 397. The van der Waals surface area contributed by atoms with Crippen LogP contribution in [0.4, 0.5) is 0 Å². The second kappa shape index (κ2) is 5.92. The van der Waals surface area contributed by atoms with Crippen LogP contribution >= 0.6 is 39.1 Å². The summed E-state index contributed by atoms with van der Waals surface area (Å²) in [4.78, 5) is 0.428. The number of rotatable bonds is 3. The van der Waals surface area contributed by atoms with E-state index < -0.39 is 0 Å². The smallest absolute Gasteiger partial charge is 0.0595 e. The van der Waals surface area contributed by atoms with Crippen LogP contribution in [0.25, 0.3) is 0 Å². The summed E-state index contributed by atoms with van der Waals surface area (Å²) in [6, 6.07) is 5.83. The monoisotopic (exact) mass is 336 g/mol. The van der Waals surface area contributed by atoms with Crippen LogP contribution in [0.2, 0.25) is 10.0 Å². The largest absolute Gasteiger partial charge is 0.378 e. The maximum Gasteiger partial charge on any atom is 0.0595 e. The zero-order valence-electron chi connectivity index (χ0n) is 9.63. The molecule has 0 radical (unpaired) electrons. The highest BCUT2D eigenvalue weighted by molar-refractivity contribution is 9.09. The van der Waals surface area contributed by atoms with E-state index in [1.807, 2.05) is 18.2 Å². The van der Waals surface area contributed by atoms with Crippen LogP contribution in [0.15, 0.2) is 18.2 Å². The third kappa shape index (κ3) is 3.37. The summed E-state index contributed by atoms with van der Waals surface area (Å²) in [5.74, 6) is 0.574. The lowest BCUT2D eigenvalue weighted by Gasteiger charge is -2.20. The Morgan fingerprint density at radius 2 is 2.18 bits per heavy atom. The second-order valence-corrected chi connectivity index (χ2v) is 6.49. The minimum atomic E-state index is 0.335. The summed E-state index contributed by atoms with van der Waals surface area (Å²) >= 11 is 15.7. The van der Waals surface area contributed by atoms with Gasteiger partial charge in [0.2, 0.25) is 0 Å². The highest BCUT2D eigenvalue weighted by Gasteiger charge is 2.30. The van der Waals surface area contributed by atoms with Crippen LogP contribution < -0.4 is 0 Å². The standard InChI is InChI=1S/C13H15BrCl2O/c1-8-10(4-5-17-8)11(14)6-9-2-3-12(15)13(16)7-9/h2-3,7-8,10-11H,4-6H2,1H3. The molecule has 0 bridgehead atoms. The molecule has 0 aromatic heterocycles. The fourth-order valence-corrected chi connectivity index (χ4v) is 3.66. The van der Waals surface area contributed by atoms with E-state index in [1.54, 1.807) is 0 Å². The lowest BCUT2D eigenvalue weighted by atomic mass is 9.94. The fraction of sp³-hybridized carbons (Fsp3) is 0.538. The molecule has 1 fully saturated rings. The first-order valence-corrected chi connectivity index (χ1v) is 7.44. The topological polar surface area (TPSA) is 9.23 Å². The van der Waals surface area contributed by atoms with Crippen LogP contribution in [-0.2, 0) is 11.2 Å². The maximum atomic E-state index is 6.01. The van der Waals surface area contributed by atoms with Gasteiger partial charge in [0.15, 0.2) is 0 Å². The van der Waals surface area contributed by atoms with Gasteiger partial charge in [0, 0.05) is 11.4 Å². The minimum absolute atomic E-state index is 0.335. The second-order valence-electron chi connectivity index (χ2n) is 4.50. The van der Waals surface area contributed by atoms with Crippen molar-refractivity contribution in [3.63, 3.8) is 0 Å². The van der Waals surface area contributed by atoms with Crippen molar-refractivity contribution in [3.05, 3.63) is 33.8 Å².